The van der Waals surface area contributed by atoms with Gasteiger partial charge >= 0.3 is 0 Å². The lowest BCUT2D eigenvalue weighted by Gasteiger charge is -2.16. The minimum absolute atomic E-state index is 0.231. The van der Waals surface area contributed by atoms with E-state index in [1.165, 1.54) is 0 Å². The van der Waals surface area contributed by atoms with Crippen molar-refractivity contribution in [1.82, 2.24) is 15.1 Å². The fraction of sp³-hybridized carbons (Fsp3) is 0.438. The van der Waals surface area contributed by atoms with Crippen LogP contribution in [-0.4, -0.2) is 16.8 Å². The smallest absolute Gasteiger partial charge is 0.131 e. The summed E-state index contributed by atoms with van der Waals surface area (Å²) >= 11 is 6.35. The van der Waals surface area contributed by atoms with Gasteiger partial charge in [0.1, 0.15) is 12.4 Å². The quantitative estimate of drug-likeness (QED) is 0.888. The predicted octanol–water partition coefficient (Wildman–Crippen LogP) is 3.50. The van der Waals surface area contributed by atoms with Gasteiger partial charge in [-0.15, -0.1) is 0 Å². The zero-order chi connectivity index (χ0) is 15.4. The molecule has 2 rings (SSSR count). The summed E-state index contributed by atoms with van der Waals surface area (Å²) in [4.78, 5) is 0. The molecule has 2 aromatic rings. The molecule has 0 aliphatic rings. The first-order chi connectivity index (χ1) is 10.1. The van der Waals surface area contributed by atoms with Gasteiger partial charge < -0.3 is 10.1 Å². The molecule has 0 spiro atoms. The van der Waals surface area contributed by atoms with E-state index in [0.717, 1.165) is 29.1 Å². The molecule has 0 aliphatic heterocycles. The molecule has 1 N–H and O–H groups in total. The van der Waals surface area contributed by atoms with E-state index < -0.39 is 0 Å². The van der Waals surface area contributed by atoms with E-state index in [0.29, 0.717) is 11.6 Å². The lowest BCUT2D eigenvalue weighted by molar-refractivity contribution is 0.289. The number of rotatable bonds is 6. The molecular weight excluding hydrogens is 286 g/mol. The maximum atomic E-state index is 6.35. The van der Waals surface area contributed by atoms with E-state index in [2.05, 4.69) is 23.4 Å². The third-order valence-corrected chi connectivity index (χ3v) is 4.12. The molecule has 1 heterocycles. The zero-order valence-corrected chi connectivity index (χ0v) is 13.7. The van der Waals surface area contributed by atoms with Crippen LogP contribution in [0.5, 0.6) is 5.75 Å². The van der Waals surface area contributed by atoms with Crippen molar-refractivity contribution in [2.75, 3.05) is 7.05 Å². The molecule has 4 nitrogen and oxygen atoms in total. The van der Waals surface area contributed by atoms with Gasteiger partial charge in [0.05, 0.1) is 16.4 Å². The molecule has 1 atom stereocenters. The minimum Gasteiger partial charge on any atom is -0.487 e. The van der Waals surface area contributed by atoms with E-state index in [4.69, 9.17) is 16.3 Å². The molecule has 1 unspecified atom stereocenters. The van der Waals surface area contributed by atoms with Crippen LogP contribution in [0.4, 0.5) is 0 Å². The van der Waals surface area contributed by atoms with Crippen molar-refractivity contribution in [3.8, 4) is 5.75 Å². The van der Waals surface area contributed by atoms with Crippen LogP contribution in [-0.2, 0) is 20.1 Å². The van der Waals surface area contributed by atoms with Crippen LogP contribution in [0.2, 0.25) is 5.02 Å². The van der Waals surface area contributed by atoms with Gasteiger partial charge in [-0.2, -0.15) is 5.10 Å². The molecule has 0 saturated heterocycles. The summed E-state index contributed by atoms with van der Waals surface area (Å²) in [5.41, 5.74) is 2.95. The van der Waals surface area contributed by atoms with Crippen LogP contribution in [0.3, 0.4) is 0 Å². The topological polar surface area (TPSA) is 39.1 Å². The Balaban J connectivity index is 2.19. The Morgan fingerprint density at radius 2 is 2.10 bits per heavy atom. The van der Waals surface area contributed by atoms with Gasteiger partial charge in [0.15, 0.2) is 0 Å². The lowest BCUT2D eigenvalue weighted by Crippen LogP contribution is -2.14. The zero-order valence-electron chi connectivity index (χ0n) is 13.0. The van der Waals surface area contributed by atoms with Gasteiger partial charge in [-0.3, -0.25) is 4.68 Å². The Labute approximate surface area is 131 Å². The van der Waals surface area contributed by atoms with Gasteiger partial charge in [-0.25, -0.2) is 0 Å². The van der Waals surface area contributed by atoms with Crippen molar-refractivity contribution in [3.05, 3.63) is 46.2 Å². The van der Waals surface area contributed by atoms with Crippen molar-refractivity contribution >= 4 is 11.6 Å². The number of hydrogen-bond acceptors (Lipinski definition) is 3. The second-order valence-corrected chi connectivity index (χ2v) is 5.40. The summed E-state index contributed by atoms with van der Waals surface area (Å²) in [6, 6.07) is 8.27. The van der Waals surface area contributed by atoms with E-state index >= 15 is 0 Å². The van der Waals surface area contributed by atoms with Crippen LogP contribution < -0.4 is 10.1 Å². The number of halogens is 1. The molecule has 1 aromatic heterocycles. The summed E-state index contributed by atoms with van der Waals surface area (Å²) in [7, 11) is 3.83. The largest absolute Gasteiger partial charge is 0.487 e. The number of ether oxygens (including phenoxy) is 1. The molecule has 0 fully saturated rings. The summed E-state index contributed by atoms with van der Waals surface area (Å²) in [5.74, 6) is 0.870. The maximum Gasteiger partial charge on any atom is 0.131 e. The van der Waals surface area contributed by atoms with Gasteiger partial charge in [0, 0.05) is 18.7 Å². The van der Waals surface area contributed by atoms with Crippen molar-refractivity contribution in [2.24, 2.45) is 7.05 Å². The van der Waals surface area contributed by atoms with Crippen LogP contribution in [0.1, 0.15) is 36.8 Å². The van der Waals surface area contributed by atoms with E-state index in [1.807, 2.05) is 39.2 Å². The first-order valence-corrected chi connectivity index (χ1v) is 7.55. The van der Waals surface area contributed by atoms with Crippen molar-refractivity contribution in [2.45, 2.75) is 32.9 Å². The Bertz CT molecular complexity index is 610. The number of para-hydroxylation sites is 1. The minimum atomic E-state index is 0.231. The van der Waals surface area contributed by atoms with Crippen LogP contribution in [0.15, 0.2) is 24.3 Å². The Morgan fingerprint density at radius 3 is 2.71 bits per heavy atom. The average Bonchev–Trinajstić information content (AvgIpc) is 2.79. The molecule has 0 aliphatic carbocycles. The fourth-order valence-corrected chi connectivity index (χ4v) is 2.60. The lowest BCUT2D eigenvalue weighted by atomic mass is 10.1. The number of aryl methyl sites for hydroxylation is 2. The van der Waals surface area contributed by atoms with Crippen LogP contribution in [0.25, 0.3) is 0 Å². The van der Waals surface area contributed by atoms with Gasteiger partial charge in [-0.1, -0.05) is 36.7 Å². The normalized spacial score (nSPS) is 12.4. The second kappa shape index (κ2) is 6.96. The summed E-state index contributed by atoms with van der Waals surface area (Å²) in [6.45, 7) is 4.56. The average molecular weight is 308 g/mol. The van der Waals surface area contributed by atoms with E-state index in [9.17, 15) is 0 Å². The van der Waals surface area contributed by atoms with Gasteiger partial charge in [-0.05, 0) is 26.5 Å². The number of nitrogens with zero attached hydrogens (tertiary/aromatic N) is 2. The third kappa shape index (κ3) is 3.39. The number of aromatic nitrogens is 2. The van der Waals surface area contributed by atoms with Crippen molar-refractivity contribution < 1.29 is 4.74 Å². The summed E-state index contributed by atoms with van der Waals surface area (Å²) in [6.07, 6.45) is 0.819. The first-order valence-electron chi connectivity index (χ1n) is 7.17. The van der Waals surface area contributed by atoms with E-state index in [-0.39, 0.29) is 6.04 Å². The molecule has 0 radical (unpaired) electrons. The SMILES string of the molecule is CCc1nn(C)c(COc2ccccc2C(C)NC)c1Cl. The molecular formula is C16H22ClN3O. The molecule has 21 heavy (non-hydrogen) atoms. The molecule has 0 saturated carbocycles. The Morgan fingerprint density at radius 1 is 1.38 bits per heavy atom. The molecule has 5 heteroatoms. The highest BCUT2D eigenvalue weighted by molar-refractivity contribution is 6.31. The molecule has 1 aromatic carbocycles. The highest BCUT2D eigenvalue weighted by Gasteiger charge is 2.15. The van der Waals surface area contributed by atoms with Crippen LogP contribution in [0, 0.1) is 0 Å². The first kappa shape index (κ1) is 15.9. The third-order valence-electron chi connectivity index (χ3n) is 3.69. The fourth-order valence-electron chi connectivity index (χ4n) is 2.25. The molecule has 0 amide bonds. The molecule has 114 valence electrons. The summed E-state index contributed by atoms with van der Waals surface area (Å²) in [5, 5.41) is 8.35. The summed E-state index contributed by atoms with van der Waals surface area (Å²) < 4.78 is 7.78. The van der Waals surface area contributed by atoms with Crippen LogP contribution >= 0.6 is 11.6 Å². The van der Waals surface area contributed by atoms with Gasteiger partial charge in [0.25, 0.3) is 0 Å². The maximum absolute atomic E-state index is 6.35. The second-order valence-electron chi connectivity index (χ2n) is 5.02. The molecule has 0 bridgehead atoms. The highest BCUT2D eigenvalue weighted by Crippen LogP contribution is 2.27. The highest BCUT2D eigenvalue weighted by atomic mass is 35.5. The van der Waals surface area contributed by atoms with Crippen molar-refractivity contribution in [1.29, 1.82) is 0 Å². The predicted molar refractivity (Wildman–Crippen MR) is 85.8 cm³/mol. The van der Waals surface area contributed by atoms with Gasteiger partial charge in [0.2, 0.25) is 0 Å². The van der Waals surface area contributed by atoms with E-state index in [1.54, 1.807) is 4.68 Å². The number of hydrogen-bond donors (Lipinski definition) is 1. The Hall–Kier alpha value is -1.52. The Kier molecular flexibility index (Phi) is 5.26. The monoisotopic (exact) mass is 307 g/mol. The number of benzene rings is 1. The standard InChI is InChI=1S/C16H22ClN3O/c1-5-13-16(17)14(20(4)19-13)10-21-15-9-7-6-8-12(15)11(2)18-3/h6-9,11,18H,5,10H2,1-4H3. The van der Waals surface area contributed by atoms with Crippen molar-refractivity contribution in [3.63, 3.8) is 0 Å². The number of nitrogens with one attached hydrogen (secondary N) is 1.